The van der Waals surface area contributed by atoms with Crippen LogP contribution in [0.15, 0.2) is 18.2 Å². The van der Waals surface area contributed by atoms with Crippen LogP contribution in [0.4, 0.5) is 5.69 Å². The average molecular weight is 259 g/mol. The van der Waals surface area contributed by atoms with Gasteiger partial charge in [-0.25, -0.2) is 5.43 Å². The van der Waals surface area contributed by atoms with E-state index in [4.69, 9.17) is 0 Å². The smallest absolute Gasteiger partial charge is 0.242 e. The van der Waals surface area contributed by atoms with Crippen molar-refractivity contribution in [2.24, 2.45) is 5.92 Å². The van der Waals surface area contributed by atoms with E-state index in [9.17, 15) is 4.79 Å². The number of carbonyl (C=O) groups is 1. The number of amides is 1. The minimum absolute atomic E-state index is 0.0596. The Labute approximate surface area is 113 Å². The topological polar surface area (TPSA) is 53.2 Å². The van der Waals surface area contributed by atoms with Gasteiger partial charge < -0.3 is 5.32 Å². The largest absolute Gasteiger partial charge is 0.324 e. The number of anilines is 1. The summed E-state index contributed by atoms with van der Waals surface area (Å²) in [5.41, 5.74) is 9.63. The molecule has 4 nitrogen and oxygen atoms in total. The Hall–Kier alpha value is -1.39. The highest BCUT2D eigenvalue weighted by Gasteiger charge is 2.38. The Bertz CT molecular complexity index is 496. The molecule has 1 saturated heterocycles. The van der Waals surface area contributed by atoms with Gasteiger partial charge in [0, 0.05) is 11.7 Å². The maximum atomic E-state index is 12.3. The molecule has 1 aromatic rings. The molecule has 1 amide bonds. The van der Waals surface area contributed by atoms with E-state index in [1.165, 1.54) is 18.4 Å². The fraction of sp³-hybridized carbons (Fsp3) is 0.533. The first-order chi connectivity index (χ1) is 9.15. The van der Waals surface area contributed by atoms with Gasteiger partial charge in [0.15, 0.2) is 0 Å². The van der Waals surface area contributed by atoms with Crippen LogP contribution in [-0.4, -0.2) is 18.0 Å². The average Bonchev–Trinajstić information content (AvgIpc) is 3.12. The summed E-state index contributed by atoms with van der Waals surface area (Å²) >= 11 is 0. The van der Waals surface area contributed by atoms with Crippen LogP contribution >= 0.6 is 0 Å². The van der Waals surface area contributed by atoms with Gasteiger partial charge in [0.05, 0.1) is 0 Å². The van der Waals surface area contributed by atoms with Crippen LogP contribution in [0.5, 0.6) is 0 Å². The molecule has 1 saturated carbocycles. The molecule has 4 heteroatoms. The van der Waals surface area contributed by atoms with Crippen molar-refractivity contribution in [3.05, 3.63) is 29.3 Å². The highest BCUT2D eigenvalue weighted by molar-refractivity contribution is 5.95. The predicted molar refractivity (Wildman–Crippen MR) is 75.7 cm³/mol. The van der Waals surface area contributed by atoms with Crippen molar-refractivity contribution in [1.29, 1.82) is 0 Å². The molecule has 1 aromatic carbocycles. The molecule has 0 spiro atoms. The normalized spacial score (nSPS) is 26.4. The zero-order chi connectivity index (χ0) is 13.4. The molecule has 2 aliphatic rings. The van der Waals surface area contributed by atoms with E-state index in [0.717, 1.165) is 23.6 Å². The Balaban J connectivity index is 1.63. The van der Waals surface area contributed by atoms with Crippen molar-refractivity contribution in [3.8, 4) is 0 Å². The summed E-state index contributed by atoms with van der Waals surface area (Å²) in [5, 5.41) is 3.03. The van der Waals surface area contributed by atoms with Crippen LogP contribution in [-0.2, 0) is 4.79 Å². The monoisotopic (exact) mass is 259 g/mol. The molecule has 0 radical (unpaired) electrons. The summed E-state index contributed by atoms with van der Waals surface area (Å²) in [4.78, 5) is 12.3. The van der Waals surface area contributed by atoms with Crippen molar-refractivity contribution < 1.29 is 4.79 Å². The molecule has 2 fully saturated rings. The number of rotatable bonds is 3. The van der Waals surface area contributed by atoms with Crippen molar-refractivity contribution in [2.75, 3.05) is 5.32 Å². The van der Waals surface area contributed by atoms with Gasteiger partial charge in [0.2, 0.25) is 5.91 Å². The number of hydrazine groups is 1. The Morgan fingerprint density at radius 2 is 2.05 bits per heavy atom. The van der Waals surface area contributed by atoms with Crippen LogP contribution in [0.3, 0.4) is 0 Å². The molecule has 3 rings (SSSR count). The zero-order valence-electron chi connectivity index (χ0n) is 11.5. The lowest BCUT2D eigenvalue weighted by molar-refractivity contribution is -0.117. The molecule has 1 aliphatic carbocycles. The van der Waals surface area contributed by atoms with Crippen molar-refractivity contribution in [1.82, 2.24) is 10.9 Å². The molecule has 1 heterocycles. The van der Waals surface area contributed by atoms with E-state index < -0.39 is 0 Å². The third kappa shape index (κ3) is 2.65. The van der Waals surface area contributed by atoms with Gasteiger partial charge in [-0.3, -0.25) is 10.2 Å². The number of nitrogens with one attached hydrogen (secondary N) is 3. The number of hydrogen-bond acceptors (Lipinski definition) is 3. The first-order valence-corrected chi connectivity index (χ1v) is 7.03. The van der Waals surface area contributed by atoms with E-state index in [2.05, 4.69) is 29.2 Å². The van der Waals surface area contributed by atoms with Crippen LogP contribution in [0, 0.1) is 19.8 Å². The molecule has 19 heavy (non-hydrogen) atoms. The molecule has 102 valence electrons. The van der Waals surface area contributed by atoms with E-state index in [-0.39, 0.29) is 11.9 Å². The van der Waals surface area contributed by atoms with Gasteiger partial charge in [-0.15, -0.1) is 0 Å². The summed E-state index contributed by atoms with van der Waals surface area (Å²) in [6.45, 7) is 4.10. The van der Waals surface area contributed by atoms with Gasteiger partial charge >= 0.3 is 0 Å². The number of carbonyl (C=O) groups excluding carboxylic acids is 1. The Morgan fingerprint density at radius 1 is 1.26 bits per heavy atom. The molecule has 0 bridgehead atoms. The lowest BCUT2D eigenvalue weighted by atomic mass is 10.0. The first-order valence-electron chi connectivity index (χ1n) is 7.03. The second-order valence-corrected chi connectivity index (χ2v) is 5.76. The fourth-order valence-corrected chi connectivity index (χ4v) is 2.67. The lowest BCUT2D eigenvalue weighted by Gasteiger charge is -2.13. The SMILES string of the molecule is Cc1cccc(NC(=O)C2CC(C3CC3)NN2)c1C. The van der Waals surface area contributed by atoms with Crippen LogP contribution in [0.1, 0.15) is 30.4 Å². The minimum atomic E-state index is -0.120. The fourth-order valence-electron chi connectivity index (χ4n) is 2.67. The van der Waals surface area contributed by atoms with Gasteiger partial charge in [0.1, 0.15) is 6.04 Å². The lowest BCUT2D eigenvalue weighted by Crippen LogP contribution is -2.40. The third-order valence-corrected chi connectivity index (χ3v) is 4.30. The highest BCUT2D eigenvalue weighted by Crippen LogP contribution is 2.35. The maximum Gasteiger partial charge on any atom is 0.242 e. The van der Waals surface area contributed by atoms with Gasteiger partial charge in [0.25, 0.3) is 0 Å². The van der Waals surface area contributed by atoms with Crippen molar-refractivity contribution in [3.63, 3.8) is 0 Å². The van der Waals surface area contributed by atoms with Crippen LogP contribution in [0.25, 0.3) is 0 Å². The van der Waals surface area contributed by atoms with Crippen LogP contribution < -0.4 is 16.2 Å². The standard InChI is InChI=1S/C15H21N3O/c1-9-4-3-5-12(10(9)2)16-15(19)14-8-13(17-18-14)11-6-7-11/h3-5,11,13-14,17-18H,6-8H2,1-2H3,(H,16,19). The molecule has 2 atom stereocenters. The summed E-state index contributed by atoms with van der Waals surface area (Å²) in [6.07, 6.45) is 3.48. The van der Waals surface area contributed by atoms with E-state index in [1.54, 1.807) is 0 Å². The van der Waals surface area contributed by atoms with Gasteiger partial charge in [-0.05, 0) is 56.2 Å². The quantitative estimate of drug-likeness (QED) is 0.777. The Morgan fingerprint density at radius 3 is 2.79 bits per heavy atom. The summed E-state index contributed by atoms with van der Waals surface area (Å²) in [5.74, 6) is 0.829. The summed E-state index contributed by atoms with van der Waals surface area (Å²) in [6, 6.07) is 6.34. The minimum Gasteiger partial charge on any atom is -0.324 e. The number of hydrogen-bond donors (Lipinski definition) is 3. The van der Waals surface area contributed by atoms with E-state index >= 15 is 0 Å². The zero-order valence-corrected chi connectivity index (χ0v) is 11.5. The Kier molecular flexibility index (Phi) is 3.29. The molecular weight excluding hydrogens is 238 g/mol. The van der Waals surface area contributed by atoms with Gasteiger partial charge in [-0.1, -0.05) is 12.1 Å². The van der Waals surface area contributed by atoms with Gasteiger partial charge in [-0.2, -0.15) is 0 Å². The van der Waals surface area contributed by atoms with Crippen molar-refractivity contribution in [2.45, 2.75) is 45.2 Å². The molecule has 3 N–H and O–H groups in total. The maximum absolute atomic E-state index is 12.3. The summed E-state index contributed by atoms with van der Waals surface area (Å²) < 4.78 is 0. The molecule has 1 aliphatic heterocycles. The predicted octanol–water partition coefficient (Wildman–Crippen LogP) is 1.89. The molecule has 0 aromatic heterocycles. The third-order valence-electron chi connectivity index (χ3n) is 4.30. The molecule has 2 unspecified atom stereocenters. The highest BCUT2D eigenvalue weighted by atomic mass is 16.2. The first kappa shape index (κ1) is 12.6. The van der Waals surface area contributed by atoms with Crippen molar-refractivity contribution >= 4 is 11.6 Å². The van der Waals surface area contributed by atoms with E-state index in [1.807, 2.05) is 19.1 Å². The number of aryl methyl sites for hydroxylation is 1. The summed E-state index contributed by atoms with van der Waals surface area (Å²) in [7, 11) is 0. The second-order valence-electron chi connectivity index (χ2n) is 5.76. The van der Waals surface area contributed by atoms with Crippen LogP contribution in [0.2, 0.25) is 0 Å². The van der Waals surface area contributed by atoms with E-state index in [0.29, 0.717) is 6.04 Å². The molecular formula is C15H21N3O. The second kappa shape index (κ2) is 4.94. The number of benzene rings is 1.